The third-order valence-electron chi connectivity index (χ3n) is 1.60. The van der Waals surface area contributed by atoms with Crippen LogP contribution in [0.1, 0.15) is 20.3 Å². The molecule has 1 rings (SSSR count). The zero-order chi connectivity index (χ0) is 8.10. The zero-order valence-electron chi connectivity index (χ0n) is 7.63. The van der Waals surface area contributed by atoms with Crippen LogP contribution in [0.15, 0.2) is 18.7 Å². The van der Waals surface area contributed by atoms with Gasteiger partial charge in [0.1, 0.15) is 6.20 Å². The van der Waals surface area contributed by atoms with Crippen LogP contribution in [0.4, 0.5) is 0 Å². The molecular formula is C8H16ClN3. The quantitative estimate of drug-likeness (QED) is 0.531. The van der Waals surface area contributed by atoms with Gasteiger partial charge in [0, 0.05) is 0 Å². The first-order valence-corrected chi connectivity index (χ1v) is 4.17. The molecule has 1 aromatic rings. The van der Waals surface area contributed by atoms with Crippen molar-refractivity contribution in [2.24, 2.45) is 0 Å². The molecule has 0 aliphatic rings. The first-order valence-electron chi connectivity index (χ1n) is 4.17. The van der Waals surface area contributed by atoms with E-state index in [1.54, 1.807) is 0 Å². The minimum absolute atomic E-state index is 0. The van der Waals surface area contributed by atoms with Crippen LogP contribution in [0.25, 0.3) is 0 Å². The summed E-state index contributed by atoms with van der Waals surface area (Å²) in [6, 6.07) is 0. The third-order valence-corrected chi connectivity index (χ3v) is 1.60. The van der Waals surface area contributed by atoms with Crippen molar-refractivity contribution in [3.63, 3.8) is 0 Å². The number of hydrogen-bond acceptors (Lipinski definition) is 1. The summed E-state index contributed by atoms with van der Waals surface area (Å²) < 4.78 is 4.12. The van der Waals surface area contributed by atoms with E-state index in [1.165, 1.54) is 0 Å². The van der Waals surface area contributed by atoms with Gasteiger partial charge in [-0.25, -0.2) is 4.57 Å². The zero-order valence-corrected chi connectivity index (χ0v) is 8.38. The molecule has 0 saturated carbocycles. The third kappa shape index (κ3) is 3.13. The SMILES string of the molecule is CCCNn1cc[n+](CC)c1.[Cl-]. The summed E-state index contributed by atoms with van der Waals surface area (Å²) >= 11 is 0. The highest BCUT2D eigenvalue weighted by atomic mass is 35.5. The highest BCUT2D eigenvalue weighted by molar-refractivity contribution is 4.73. The molecule has 0 atom stereocenters. The molecule has 0 bridgehead atoms. The predicted octanol–water partition coefficient (Wildman–Crippen LogP) is -2.25. The van der Waals surface area contributed by atoms with Gasteiger partial charge in [0.2, 0.25) is 0 Å². The van der Waals surface area contributed by atoms with Gasteiger partial charge in [0.15, 0.2) is 6.20 Å². The molecule has 1 N–H and O–H groups in total. The lowest BCUT2D eigenvalue weighted by molar-refractivity contribution is -0.692. The first kappa shape index (κ1) is 11.3. The molecule has 0 aliphatic heterocycles. The van der Waals surface area contributed by atoms with E-state index >= 15 is 0 Å². The molecule has 70 valence electrons. The van der Waals surface area contributed by atoms with Gasteiger partial charge in [-0.05, 0) is 13.3 Å². The molecule has 3 nitrogen and oxygen atoms in total. The number of aromatic nitrogens is 2. The fourth-order valence-electron chi connectivity index (χ4n) is 0.916. The highest BCUT2D eigenvalue weighted by Gasteiger charge is 1.98. The Balaban J connectivity index is 0.00000121. The Bertz CT molecular complexity index is 210. The molecule has 0 spiro atoms. The van der Waals surface area contributed by atoms with Crippen molar-refractivity contribution in [3.05, 3.63) is 18.7 Å². The summed E-state index contributed by atoms with van der Waals surface area (Å²) in [6.45, 7) is 6.34. The summed E-state index contributed by atoms with van der Waals surface area (Å²) in [5.74, 6) is 0. The first-order chi connectivity index (χ1) is 5.36. The van der Waals surface area contributed by atoms with E-state index < -0.39 is 0 Å². The monoisotopic (exact) mass is 189 g/mol. The van der Waals surface area contributed by atoms with Gasteiger partial charge in [0.25, 0.3) is 6.33 Å². The standard InChI is InChI=1S/C8H16N3.ClH/c1-3-5-9-11-7-6-10(4-2)8-11;/h6-9H,3-5H2,1-2H3;1H/q+1;/p-1. The van der Waals surface area contributed by atoms with Crippen molar-refractivity contribution in [1.29, 1.82) is 0 Å². The maximum absolute atomic E-state index is 3.24. The second-order valence-corrected chi connectivity index (χ2v) is 2.56. The summed E-state index contributed by atoms with van der Waals surface area (Å²) in [4.78, 5) is 0. The van der Waals surface area contributed by atoms with Crippen LogP contribution in [-0.4, -0.2) is 11.2 Å². The highest BCUT2D eigenvalue weighted by Crippen LogP contribution is 1.80. The Kier molecular flexibility index (Phi) is 5.54. The average molecular weight is 190 g/mol. The van der Waals surface area contributed by atoms with Crippen LogP contribution in [0.2, 0.25) is 0 Å². The summed E-state index contributed by atoms with van der Waals surface area (Å²) in [6.07, 6.45) is 7.29. The van der Waals surface area contributed by atoms with Crippen molar-refractivity contribution in [2.75, 3.05) is 12.0 Å². The number of nitrogens with zero attached hydrogens (tertiary/aromatic N) is 2. The van der Waals surface area contributed by atoms with E-state index in [0.717, 1.165) is 19.5 Å². The Morgan fingerprint density at radius 1 is 1.42 bits per heavy atom. The second kappa shape index (κ2) is 5.89. The number of rotatable bonds is 4. The molecular weight excluding hydrogens is 174 g/mol. The van der Waals surface area contributed by atoms with Gasteiger partial charge in [-0.1, -0.05) is 6.92 Å². The molecule has 0 aliphatic carbocycles. The Morgan fingerprint density at radius 2 is 2.17 bits per heavy atom. The normalized spacial score (nSPS) is 9.17. The maximum atomic E-state index is 3.24. The lowest BCUT2D eigenvalue weighted by Crippen LogP contribution is -3.00. The topological polar surface area (TPSA) is 20.8 Å². The summed E-state index contributed by atoms with van der Waals surface area (Å²) in [5.41, 5.74) is 3.24. The van der Waals surface area contributed by atoms with E-state index in [4.69, 9.17) is 0 Å². The van der Waals surface area contributed by atoms with Gasteiger partial charge < -0.3 is 12.4 Å². The van der Waals surface area contributed by atoms with Crippen molar-refractivity contribution in [2.45, 2.75) is 26.8 Å². The van der Waals surface area contributed by atoms with E-state index in [1.807, 2.05) is 10.9 Å². The van der Waals surface area contributed by atoms with Crippen LogP contribution < -0.4 is 22.4 Å². The van der Waals surface area contributed by atoms with Crippen molar-refractivity contribution in [3.8, 4) is 0 Å². The molecule has 1 aromatic heterocycles. The van der Waals surface area contributed by atoms with Crippen molar-refractivity contribution >= 4 is 0 Å². The fourth-order valence-corrected chi connectivity index (χ4v) is 0.916. The molecule has 0 radical (unpaired) electrons. The van der Waals surface area contributed by atoms with Gasteiger partial charge >= 0.3 is 0 Å². The van der Waals surface area contributed by atoms with Crippen LogP contribution >= 0.6 is 0 Å². The second-order valence-electron chi connectivity index (χ2n) is 2.56. The summed E-state index contributed by atoms with van der Waals surface area (Å²) in [7, 11) is 0. The molecule has 12 heavy (non-hydrogen) atoms. The lowest BCUT2D eigenvalue weighted by atomic mass is 10.5. The van der Waals surface area contributed by atoms with Crippen LogP contribution in [0, 0.1) is 0 Å². The van der Waals surface area contributed by atoms with Gasteiger partial charge in [-0.3, -0.25) is 5.43 Å². The number of aryl methyl sites for hydroxylation is 1. The average Bonchev–Trinajstić information content (AvgIpc) is 2.48. The van der Waals surface area contributed by atoms with Crippen LogP contribution in [0.5, 0.6) is 0 Å². The minimum Gasteiger partial charge on any atom is -1.00 e. The number of imidazole rings is 1. The maximum Gasteiger partial charge on any atom is 0.267 e. The molecule has 0 unspecified atom stereocenters. The number of hydrogen-bond donors (Lipinski definition) is 1. The van der Waals surface area contributed by atoms with E-state index in [-0.39, 0.29) is 12.4 Å². The molecule has 4 heteroatoms. The molecule has 0 aromatic carbocycles. The van der Waals surface area contributed by atoms with Crippen LogP contribution in [-0.2, 0) is 6.54 Å². The predicted molar refractivity (Wildman–Crippen MR) is 44.8 cm³/mol. The van der Waals surface area contributed by atoms with Crippen LogP contribution in [0.3, 0.4) is 0 Å². The molecule has 0 amide bonds. The summed E-state index contributed by atoms with van der Waals surface area (Å²) in [5, 5.41) is 0. The van der Waals surface area contributed by atoms with E-state index in [0.29, 0.717) is 0 Å². The lowest BCUT2D eigenvalue weighted by Gasteiger charge is -1.95. The number of nitrogens with one attached hydrogen (secondary N) is 1. The smallest absolute Gasteiger partial charge is 0.267 e. The molecule has 1 heterocycles. The largest absolute Gasteiger partial charge is 1.00 e. The van der Waals surface area contributed by atoms with Crippen molar-refractivity contribution < 1.29 is 17.0 Å². The molecule has 0 fully saturated rings. The Hall–Kier alpha value is -0.700. The Morgan fingerprint density at radius 3 is 2.67 bits per heavy atom. The van der Waals surface area contributed by atoms with Gasteiger partial charge in [-0.2, -0.15) is 0 Å². The molecule has 0 saturated heterocycles. The minimum atomic E-state index is 0. The van der Waals surface area contributed by atoms with E-state index in [9.17, 15) is 0 Å². The van der Waals surface area contributed by atoms with Gasteiger partial charge in [0.05, 0.1) is 13.1 Å². The van der Waals surface area contributed by atoms with Crippen molar-refractivity contribution in [1.82, 2.24) is 4.68 Å². The van der Waals surface area contributed by atoms with Gasteiger partial charge in [-0.15, -0.1) is 4.68 Å². The number of halogens is 1. The Labute approximate surface area is 79.8 Å². The van der Waals surface area contributed by atoms with E-state index in [2.05, 4.69) is 36.4 Å². The fraction of sp³-hybridized carbons (Fsp3) is 0.625.